The van der Waals surface area contributed by atoms with Crippen molar-refractivity contribution in [3.63, 3.8) is 0 Å². The highest BCUT2D eigenvalue weighted by Gasteiger charge is 2.28. The van der Waals surface area contributed by atoms with Gasteiger partial charge in [-0.3, -0.25) is 4.79 Å². The first-order valence-corrected chi connectivity index (χ1v) is 7.47. The van der Waals surface area contributed by atoms with E-state index in [4.69, 9.17) is 5.11 Å². The van der Waals surface area contributed by atoms with Crippen LogP contribution in [0.5, 0.6) is 0 Å². The van der Waals surface area contributed by atoms with Gasteiger partial charge in [0.1, 0.15) is 5.82 Å². The van der Waals surface area contributed by atoms with Crippen LogP contribution in [0.4, 0.5) is 4.39 Å². The van der Waals surface area contributed by atoms with Gasteiger partial charge in [0.15, 0.2) is 0 Å². The molecule has 2 N–H and O–H groups in total. The number of halogens is 1. The number of nitrogens with one attached hydrogen (secondary N) is 1. The Morgan fingerprint density at radius 1 is 1.40 bits per heavy atom. The van der Waals surface area contributed by atoms with Crippen LogP contribution in [-0.4, -0.2) is 25.5 Å². The van der Waals surface area contributed by atoms with Crippen molar-refractivity contribution in [2.45, 2.75) is 24.3 Å². The van der Waals surface area contributed by atoms with Crippen molar-refractivity contribution in [2.24, 2.45) is 5.92 Å². The van der Waals surface area contributed by atoms with Crippen molar-refractivity contribution in [2.75, 3.05) is 0 Å². The van der Waals surface area contributed by atoms with Crippen LogP contribution in [-0.2, 0) is 14.8 Å². The van der Waals surface area contributed by atoms with E-state index in [1.807, 2.05) is 0 Å². The maximum Gasteiger partial charge on any atom is 0.310 e. The fourth-order valence-electron chi connectivity index (χ4n) is 2.10. The van der Waals surface area contributed by atoms with Gasteiger partial charge in [0.2, 0.25) is 10.0 Å². The Kier molecular flexibility index (Phi) is 3.92. The predicted octanol–water partition coefficient (Wildman–Crippen LogP) is 1.44. The number of aliphatic carboxylic acids is 1. The molecule has 2 rings (SSSR count). The Hall–Kier alpha value is -1.73. The second-order valence-electron chi connectivity index (χ2n) is 4.70. The number of carboxylic acids is 1. The van der Waals surface area contributed by atoms with E-state index >= 15 is 0 Å². The zero-order chi connectivity index (χ0) is 14.9. The van der Waals surface area contributed by atoms with Crippen molar-refractivity contribution >= 4 is 16.0 Å². The third kappa shape index (κ3) is 3.05. The molecule has 0 fully saturated rings. The van der Waals surface area contributed by atoms with Crippen LogP contribution in [0.1, 0.15) is 12.0 Å². The number of rotatable bonds is 4. The Balaban J connectivity index is 2.19. The lowest BCUT2D eigenvalue weighted by Gasteiger charge is -2.14. The summed E-state index contributed by atoms with van der Waals surface area (Å²) in [4.78, 5) is 10.7. The molecule has 0 saturated heterocycles. The number of hydrogen-bond donors (Lipinski definition) is 2. The maximum absolute atomic E-state index is 13.2. The van der Waals surface area contributed by atoms with Crippen molar-refractivity contribution < 1.29 is 22.7 Å². The maximum atomic E-state index is 13.2. The Morgan fingerprint density at radius 2 is 2.10 bits per heavy atom. The Bertz CT molecular complexity index is 669. The van der Waals surface area contributed by atoms with Gasteiger partial charge in [0.25, 0.3) is 0 Å². The molecule has 1 aromatic rings. The van der Waals surface area contributed by atoms with Gasteiger partial charge < -0.3 is 5.11 Å². The van der Waals surface area contributed by atoms with Gasteiger partial charge in [-0.05, 0) is 31.0 Å². The Labute approximate surface area is 116 Å². The molecule has 2 unspecified atom stereocenters. The molecule has 0 heterocycles. The van der Waals surface area contributed by atoms with E-state index in [9.17, 15) is 17.6 Å². The number of hydrogen-bond acceptors (Lipinski definition) is 3. The number of carboxylic acid groups (broad SMARTS) is 1. The molecule has 108 valence electrons. The smallest absolute Gasteiger partial charge is 0.310 e. The van der Waals surface area contributed by atoms with Gasteiger partial charge in [-0.15, -0.1) is 0 Å². The van der Waals surface area contributed by atoms with Crippen molar-refractivity contribution in [3.05, 3.63) is 41.7 Å². The molecule has 5 nitrogen and oxygen atoms in total. The lowest BCUT2D eigenvalue weighted by molar-refractivity contribution is -0.140. The van der Waals surface area contributed by atoms with Crippen LogP contribution in [0.3, 0.4) is 0 Å². The summed E-state index contributed by atoms with van der Waals surface area (Å²) in [5.74, 6) is -2.33. The average molecular weight is 299 g/mol. The zero-order valence-corrected chi connectivity index (χ0v) is 11.5. The molecule has 1 aliphatic rings. The summed E-state index contributed by atoms with van der Waals surface area (Å²) >= 11 is 0. The summed E-state index contributed by atoms with van der Waals surface area (Å²) in [6.45, 7) is 1.57. The highest BCUT2D eigenvalue weighted by molar-refractivity contribution is 7.89. The van der Waals surface area contributed by atoms with Gasteiger partial charge in [0, 0.05) is 6.04 Å². The molecule has 20 heavy (non-hydrogen) atoms. The average Bonchev–Trinajstić information content (AvgIpc) is 2.80. The van der Waals surface area contributed by atoms with E-state index in [-0.39, 0.29) is 11.3 Å². The second kappa shape index (κ2) is 5.34. The van der Waals surface area contributed by atoms with E-state index in [2.05, 4.69) is 4.72 Å². The van der Waals surface area contributed by atoms with Crippen LogP contribution in [0, 0.1) is 18.7 Å². The van der Waals surface area contributed by atoms with Crippen LogP contribution in [0.2, 0.25) is 0 Å². The van der Waals surface area contributed by atoms with Crippen molar-refractivity contribution in [1.29, 1.82) is 0 Å². The second-order valence-corrected chi connectivity index (χ2v) is 6.39. The number of carbonyl (C=O) groups is 1. The first kappa shape index (κ1) is 14.7. The van der Waals surface area contributed by atoms with E-state index in [1.165, 1.54) is 24.3 Å². The van der Waals surface area contributed by atoms with Crippen LogP contribution >= 0.6 is 0 Å². The van der Waals surface area contributed by atoms with Gasteiger partial charge in [-0.1, -0.05) is 18.2 Å². The molecular weight excluding hydrogens is 285 g/mol. The molecule has 0 radical (unpaired) electrons. The standard InChI is InChI=1S/C13H14FNO4S/c1-8-2-4-10(14)7-12(8)20(18,19)15-11-5-3-9(6-11)13(16)17/h2-5,7,9,11,15H,6H2,1H3,(H,16,17). The van der Waals surface area contributed by atoms with Crippen LogP contribution in [0.15, 0.2) is 35.2 Å². The third-order valence-electron chi connectivity index (χ3n) is 3.15. The summed E-state index contributed by atoms with van der Waals surface area (Å²) in [6.07, 6.45) is 3.11. The fourth-order valence-corrected chi connectivity index (χ4v) is 3.56. The summed E-state index contributed by atoms with van der Waals surface area (Å²) in [7, 11) is -3.88. The molecule has 1 aliphatic carbocycles. The molecule has 7 heteroatoms. The van der Waals surface area contributed by atoms with Crippen molar-refractivity contribution in [3.8, 4) is 0 Å². The lowest BCUT2D eigenvalue weighted by Crippen LogP contribution is -2.33. The molecule has 0 aromatic heterocycles. The SMILES string of the molecule is Cc1ccc(F)cc1S(=O)(=O)NC1C=CC(C(=O)O)C1. The third-order valence-corrected chi connectivity index (χ3v) is 4.78. The van der Waals surface area contributed by atoms with Gasteiger partial charge in [-0.25, -0.2) is 17.5 Å². The molecule has 0 spiro atoms. The minimum atomic E-state index is -3.88. The van der Waals surface area contributed by atoms with Crippen molar-refractivity contribution in [1.82, 2.24) is 4.72 Å². The number of aryl methyl sites for hydroxylation is 1. The summed E-state index contributed by atoms with van der Waals surface area (Å²) < 4.78 is 39.9. The normalized spacial score (nSPS) is 22.1. The van der Waals surface area contributed by atoms with Crippen LogP contribution < -0.4 is 4.72 Å². The molecule has 0 aliphatic heterocycles. The van der Waals surface area contributed by atoms with E-state index < -0.39 is 33.8 Å². The number of sulfonamides is 1. The summed E-state index contributed by atoms with van der Waals surface area (Å²) in [6, 6.07) is 2.92. The first-order valence-electron chi connectivity index (χ1n) is 5.99. The predicted molar refractivity (Wildman–Crippen MR) is 70.1 cm³/mol. The molecule has 0 saturated carbocycles. The highest BCUT2D eigenvalue weighted by Crippen LogP contribution is 2.22. The molecule has 0 amide bonds. The van der Waals surface area contributed by atoms with Gasteiger partial charge in [0.05, 0.1) is 10.8 Å². The van der Waals surface area contributed by atoms with Gasteiger partial charge in [-0.2, -0.15) is 0 Å². The van der Waals surface area contributed by atoms with E-state index in [0.717, 1.165) is 6.07 Å². The summed E-state index contributed by atoms with van der Waals surface area (Å²) in [5, 5.41) is 8.85. The highest BCUT2D eigenvalue weighted by atomic mass is 32.2. The van der Waals surface area contributed by atoms with E-state index in [1.54, 1.807) is 6.92 Å². The minimum absolute atomic E-state index is 0.135. The summed E-state index contributed by atoms with van der Waals surface area (Å²) in [5.41, 5.74) is 0.427. The largest absolute Gasteiger partial charge is 0.481 e. The lowest BCUT2D eigenvalue weighted by atomic mass is 10.1. The van der Waals surface area contributed by atoms with Crippen LogP contribution in [0.25, 0.3) is 0 Å². The topological polar surface area (TPSA) is 83.5 Å². The van der Waals surface area contributed by atoms with E-state index in [0.29, 0.717) is 5.56 Å². The van der Waals surface area contributed by atoms with Gasteiger partial charge >= 0.3 is 5.97 Å². The molecule has 2 atom stereocenters. The monoisotopic (exact) mass is 299 g/mol. The Morgan fingerprint density at radius 3 is 2.70 bits per heavy atom. The molecule has 1 aromatic carbocycles. The zero-order valence-electron chi connectivity index (χ0n) is 10.7. The quantitative estimate of drug-likeness (QED) is 0.824. The molecule has 0 bridgehead atoms. The fraction of sp³-hybridized carbons (Fsp3) is 0.308. The number of benzene rings is 1. The first-order chi connectivity index (χ1) is 9.29. The molecular formula is C13H14FNO4S. The minimum Gasteiger partial charge on any atom is -0.481 e.